The molecule has 3 amide bonds. The van der Waals surface area contributed by atoms with Gasteiger partial charge in [-0.25, -0.2) is 4.79 Å². The number of amides is 3. The number of carboxylic acids is 1. The van der Waals surface area contributed by atoms with Gasteiger partial charge in [-0.1, -0.05) is 32.0 Å². The lowest BCUT2D eigenvalue weighted by atomic mass is 10.0. The third-order valence-corrected chi connectivity index (χ3v) is 6.44. The van der Waals surface area contributed by atoms with E-state index in [0.717, 1.165) is 16.5 Å². The van der Waals surface area contributed by atoms with E-state index in [1.54, 1.807) is 20.0 Å². The lowest BCUT2D eigenvalue weighted by molar-refractivity contribution is -0.143. The smallest absolute Gasteiger partial charge is 0.326 e. The van der Waals surface area contributed by atoms with Crippen molar-refractivity contribution < 1.29 is 24.3 Å². The zero-order chi connectivity index (χ0) is 29.1. The van der Waals surface area contributed by atoms with Crippen molar-refractivity contribution in [2.24, 2.45) is 28.1 Å². The summed E-state index contributed by atoms with van der Waals surface area (Å²) in [5.74, 6) is -3.70. The van der Waals surface area contributed by atoms with Crippen LogP contribution in [0.4, 0.5) is 0 Å². The van der Waals surface area contributed by atoms with E-state index >= 15 is 0 Å². The maximum atomic E-state index is 13.0. The maximum Gasteiger partial charge on any atom is 0.326 e. The lowest BCUT2D eigenvalue weighted by Gasteiger charge is -2.25. The molecule has 0 radical (unpaired) electrons. The number of aliphatic carboxylic acids is 1. The number of carboxylic acid groups (broad SMARTS) is 1. The molecule has 0 spiro atoms. The average molecular weight is 563 g/mol. The van der Waals surface area contributed by atoms with Crippen molar-refractivity contribution in [3.8, 4) is 0 Å². The number of nitrogens with one attached hydrogen (secondary N) is 4. The second-order valence-corrected chi connectivity index (χ2v) is 9.86. The Morgan fingerprint density at radius 2 is 1.67 bits per heavy atom. The summed E-state index contributed by atoms with van der Waals surface area (Å²) >= 11 is 4.18. The van der Waals surface area contributed by atoms with Crippen LogP contribution in [-0.4, -0.2) is 76.2 Å². The third-order valence-electron chi connectivity index (χ3n) is 6.08. The standard InChI is InChI=1S/C25H38N8O5S/c1-13(2)20(24(37)38)33-22(35)18(8-5-9-29-25(27)28)31-23(36)19(12-39)32-21(34)16(26)10-14-11-30-17-7-4-3-6-15(14)17/h3-4,6-7,11,13,16,18-20,30,39H,5,8-10,12,26H2,1-2H3,(H,31,36)(H,32,34)(H,33,35)(H,37,38)(H4,27,28,29). The molecule has 14 heteroatoms. The van der Waals surface area contributed by atoms with Gasteiger partial charge in [0.25, 0.3) is 0 Å². The van der Waals surface area contributed by atoms with Crippen LogP contribution in [0, 0.1) is 5.92 Å². The highest BCUT2D eigenvalue weighted by atomic mass is 32.1. The number of nitrogens with zero attached hydrogens (tertiary/aromatic N) is 1. The summed E-state index contributed by atoms with van der Waals surface area (Å²) in [6.45, 7) is 3.50. The number of rotatable bonds is 15. The minimum Gasteiger partial charge on any atom is -0.480 e. The summed E-state index contributed by atoms with van der Waals surface area (Å²) in [6, 6.07) is 3.31. The van der Waals surface area contributed by atoms with Crippen molar-refractivity contribution in [2.75, 3.05) is 12.3 Å². The summed E-state index contributed by atoms with van der Waals surface area (Å²) < 4.78 is 0. The highest BCUT2D eigenvalue weighted by molar-refractivity contribution is 7.80. The first-order valence-corrected chi connectivity index (χ1v) is 13.2. The number of benzene rings is 1. The second-order valence-electron chi connectivity index (χ2n) is 9.49. The first-order chi connectivity index (χ1) is 18.4. The molecular formula is C25H38N8O5S. The van der Waals surface area contributed by atoms with Crippen molar-refractivity contribution in [1.29, 1.82) is 0 Å². The molecule has 0 aliphatic heterocycles. The van der Waals surface area contributed by atoms with Gasteiger partial charge in [0, 0.05) is 29.4 Å². The molecule has 39 heavy (non-hydrogen) atoms. The number of carbonyl (C=O) groups excluding carboxylic acids is 3. The Morgan fingerprint density at radius 1 is 1.03 bits per heavy atom. The third kappa shape index (κ3) is 9.48. The van der Waals surface area contributed by atoms with Gasteiger partial charge in [0.2, 0.25) is 17.7 Å². The number of guanidine groups is 1. The molecule has 0 saturated heterocycles. The molecule has 4 atom stereocenters. The topological polar surface area (TPSA) is 231 Å². The van der Waals surface area contributed by atoms with Crippen LogP contribution < -0.4 is 33.2 Å². The number of para-hydroxylation sites is 1. The minimum absolute atomic E-state index is 0.0660. The van der Waals surface area contributed by atoms with Crippen molar-refractivity contribution >= 4 is 53.2 Å². The van der Waals surface area contributed by atoms with Crippen LogP contribution in [0.25, 0.3) is 10.9 Å². The van der Waals surface area contributed by atoms with Crippen molar-refractivity contribution in [1.82, 2.24) is 20.9 Å². The van der Waals surface area contributed by atoms with Gasteiger partial charge < -0.3 is 43.2 Å². The predicted octanol–water partition coefficient (Wildman–Crippen LogP) is -0.784. The molecule has 2 aromatic rings. The first kappa shape index (κ1) is 31.4. The SMILES string of the molecule is CC(C)C(NC(=O)C(CCCN=C(N)N)NC(=O)C(CS)NC(=O)C(N)Cc1c[nH]c2ccccc12)C(=O)O. The van der Waals surface area contributed by atoms with Crippen LogP contribution in [-0.2, 0) is 25.6 Å². The van der Waals surface area contributed by atoms with E-state index in [0.29, 0.717) is 6.42 Å². The zero-order valence-corrected chi connectivity index (χ0v) is 22.9. The van der Waals surface area contributed by atoms with E-state index in [2.05, 4.69) is 38.6 Å². The molecule has 0 saturated carbocycles. The second kappa shape index (κ2) is 15.0. The minimum atomic E-state index is -1.20. The number of H-pyrrole nitrogens is 1. The first-order valence-electron chi connectivity index (χ1n) is 12.5. The van der Waals surface area contributed by atoms with Gasteiger partial charge in [0.15, 0.2) is 5.96 Å². The van der Waals surface area contributed by atoms with Crippen molar-refractivity contribution in [3.05, 3.63) is 36.0 Å². The number of aromatic nitrogens is 1. The Kier molecular flexibility index (Phi) is 12.1. The van der Waals surface area contributed by atoms with Gasteiger partial charge in [0.1, 0.15) is 18.1 Å². The number of carbonyl (C=O) groups is 4. The number of aromatic amines is 1. The number of hydrogen-bond acceptors (Lipinski definition) is 7. The monoisotopic (exact) mass is 562 g/mol. The largest absolute Gasteiger partial charge is 0.480 e. The van der Waals surface area contributed by atoms with Crippen molar-refractivity contribution in [3.63, 3.8) is 0 Å². The lowest BCUT2D eigenvalue weighted by Crippen LogP contribution is -2.58. The van der Waals surface area contributed by atoms with E-state index in [4.69, 9.17) is 17.2 Å². The average Bonchev–Trinajstić information content (AvgIpc) is 3.29. The van der Waals surface area contributed by atoms with Gasteiger partial charge in [0.05, 0.1) is 6.04 Å². The molecule has 0 aliphatic carbocycles. The molecule has 1 heterocycles. The Balaban J connectivity index is 2.07. The highest BCUT2D eigenvalue weighted by Crippen LogP contribution is 2.18. The molecule has 13 nitrogen and oxygen atoms in total. The number of nitrogens with two attached hydrogens (primary N) is 3. The Morgan fingerprint density at radius 3 is 2.28 bits per heavy atom. The molecular weight excluding hydrogens is 524 g/mol. The van der Waals surface area contributed by atoms with Gasteiger partial charge in [-0.15, -0.1) is 0 Å². The van der Waals surface area contributed by atoms with Crippen LogP contribution in [0.2, 0.25) is 0 Å². The molecule has 4 unspecified atom stereocenters. The zero-order valence-electron chi connectivity index (χ0n) is 22.0. The fourth-order valence-corrected chi connectivity index (χ4v) is 4.17. The van der Waals surface area contributed by atoms with Gasteiger partial charge in [-0.2, -0.15) is 12.6 Å². The summed E-state index contributed by atoms with van der Waals surface area (Å²) in [6.07, 6.45) is 2.46. The van der Waals surface area contributed by atoms with E-state index in [1.165, 1.54) is 0 Å². The molecule has 0 bridgehead atoms. The molecule has 0 fully saturated rings. The number of fused-ring (bicyclic) bond motifs is 1. The van der Waals surface area contributed by atoms with Crippen LogP contribution >= 0.6 is 12.6 Å². The summed E-state index contributed by atoms with van der Waals surface area (Å²) in [4.78, 5) is 57.4. The molecule has 1 aromatic carbocycles. The Hall–Kier alpha value is -3.78. The van der Waals surface area contributed by atoms with E-state index in [-0.39, 0.29) is 31.1 Å². The Bertz CT molecular complexity index is 1180. The van der Waals surface area contributed by atoms with Crippen LogP contribution in [0.15, 0.2) is 35.5 Å². The quantitative estimate of drug-likeness (QED) is 0.0577. The maximum absolute atomic E-state index is 13.0. The predicted molar refractivity (Wildman–Crippen MR) is 152 cm³/mol. The summed E-state index contributed by atoms with van der Waals surface area (Å²) in [7, 11) is 0. The fraction of sp³-hybridized carbons (Fsp3) is 0.480. The van der Waals surface area contributed by atoms with Gasteiger partial charge in [-0.3, -0.25) is 19.4 Å². The van der Waals surface area contributed by atoms with E-state index in [1.807, 2.05) is 24.3 Å². The molecule has 214 valence electrons. The number of hydrogen-bond donors (Lipinski definition) is 9. The molecule has 0 aliphatic rings. The summed E-state index contributed by atoms with van der Waals surface area (Å²) in [5.41, 5.74) is 18.6. The summed E-state index contributed by atoms with van der Waals surface area (Å²) in [5, 5.41) is 18.0. The van der Waals surface area contributed by atoms with Gasteiger partial charge >= 0.3 is 5.97 Å². The molecule has 11 N–H and O–H groups in total. The van der Waals surface area contributed by atoms with Gasteiger partial charge in [-0.05, 0) is 36.8 Å². The normalized spacial score (nSPS) is 14.2. The number of thiol groups is 1. The van der Waals surface area contributed by atoms with Crippen LogP contribution in [0.1, 0.15) is 32.3 Å². The number of aliphatic imine (C=N–C) groups is 1. The Labute approximate surface area is 232 Å². The fourth-order valence-electron chi connectivity index (χ4n) is 3.92. The van der Waals surface area contributed by atoms with E-state index in [9.17, 15) is 24.3 Å². The highest BCUT2D eigenvalue weighted by Gasteiger charge is 2.31. The van der Waals surface area contributed by atoms with Crippen LogP contribution in [0.3, 0.4) is 0 Å². The van der Waals surface area contributed by atoms with E-state index < -0.39 is 53.8 Å². The van der Waals surface area contributed by atoms with Crippen molar-refractivity contribution in [2.45, 2.75) is 57.3 Å². The molecule has 1 aromatic heterocycles. The molecule has 2 rings (SSSR count). The van der Waals surface area contributed by atoms with Crippen LogP contribution in [0.5, 0.6) is 0 Å².